The van der Waals surface area contributed by atoms with Gasteiger partial charge in [0.1, 0.15) is 0 Å². The lowest BCUT2D eigenvalue weighted by Gasteiger charge is -2.16. The normalized spacial score (nSPS) is 17.5. The number of hydrogen-bond acceptors (Lipinski definition) is 2. The van der Waals surface area contributed by atoms with E-state index in [-0.39, 0.29) is 6.10 Å². The van der Waals surface area contributed by atoms with Crippen molar-refractivity contribution < 1.29 is 5.11 Å². The van der Waals surface area contributed by atoms with E-state index in [1.54, 1.807) is 0 Å². The van der Waals surface area contributed by atoms with Gasteiger partial charge in [-0.25, -0.2) is 0 Å². The van der Waals surface area contributed by atoms with Crippen LogP contribution in [-0.2, 0) is 12.8 Å². The van der Waals surface area contributed by atoms with Crippen molar-refractivity contribution in [3.05, 3.63) is 34.9 Å². The molecule has 0 aromatic heterocycles. The van der Waals surface area contributed by atoms with Gasteiger partial charge in [0.15, 0.2) is 0 Å². The minimum absolute atomic E-state index is 0.162. The lowest BCUT2D eigenvalue weighted by Crippen LogP contribution is -2.23. The molecule has 1 aliphatic rings. The van der Waals surface area contributed by atoms with E-state index < -0.39 is 0 Å². The molecule has 1 aromatic carbocycles. The smallest absolute Gasteiger partial charge is 0.0549 e. The van der Waals surface area contributed by atoms with Gasteiger partial charge in [0, 0.05) is 6.04 Å². The number of aryl methyl sites for hydroxylation is 2. The van der Waals surface area contributed by atoms with Crippen molar-refractivity contribution >= 4 is 0 Å². The maximum absolute atomic E-state index is 9.53. The Bertz CT molecular complexity index is 389. The SMILES string of the molecule is CCC(O)CCNC(C)c1ccc2c(c1)CCC2. The summed E-state index contributed by atoms with van der Waals surface area (Å²) < 4.78 is 0. The molecule has 2 nitrogen and oxygen atoms in total. The largest absolute Gasteiger partial charge is 0.393 e. The van der Waals surface area contributed by atoms with E-state index in [1.807, 2.05) is 6.92 Å². The van der Waals surface area contributed by atoms with Gasteiger partial charge < -0.3 is 10.4 Å². The Balaban J connectivity index is 1.87. The molecule has 2 heteroatoms. The molecule has 2 rings (SSSR count). The monoisotopic (exact) mass is 247 g/mol. The molecule has 2 N–H and O–H groups in total. The molecule has 2 atom stereocenters. The zero-order chi connectivity index (χ0) is 13.0. The second-order valence-electron chi connectivity index (χ2n) is 5.41. The Morgan fingerprint density at radius 3 is 2.83 bits per heavy atom. The Kier molecular flexibility index (Phi) is 4.79. The molecule has 0 saturated heterocycles. The first-order chi connectivity index (χ1) is 8.70. The van der Waals surface area contributed by atoms with E-state index >= 15 is 0 Å². The summed E-state index contributed by atoms with van der Waals surface area (Å²) in [6.45, 7) is 5.11. The highest BCUT2D eigenvalue weighted by molar-refractivity contribution is 5.36. The lowest BCUT2D eigenvalue weighted by atomic mass is 10.0. The molecule has 0 radical (unpaired) electrons. The third kappa shape index (κ3) is 3.33. The van der Waals surface area contributed by atoms with Crippen LogP contribution in [0.3, 0.4) is 0 Å². The molecule has 100 valence electrons. The highest BCUT2D eigenvalue weighted by Crippen LogP contribution is 2.25. The highest BCUT2D eigenvalue weighted by Gasteiger charge is 2.13. The number of fused-ring (bicyclic) bond motifs is 1. The van der Waals surface area contributed by atoms with Gasteiger partial charge in [0.2, 0.25) is 0 Å². The van der Waals surface area contributed by atoms with Gasteiger partial charge >= 0.3 is 0 Å². The first kappa shape index (κ1) is 13.6. The zero-order valence-corrected chi connectivity index (χ0v) is 11.6. The van der Waals surface area contributed by atoms with Crippen LogP contribution >= 0.6 is 0 Å². The average molecular weight is 247 g/mol. The van der Waals surface area contributed by atoms with Crippen LogP contribution in [0.2, 0.25) is 0 Å². The van der Waals surface area contributed by atoms with Gasteiger partial charge in [-0.05, 0) is 62.3 Å². The molecule has 18 heavy (non-hydrogen) atoms. The third-order valence-corrected chi connectivity index (χ3v) is 4.02. The van der Waals surface area contributed by atoms with Crippen LogP contribution in [0.15, 0.2) is 18.2 Å². The van der Waals surface area contributed by atoms with Crippen LogP contribution in [0.1, 0.15) is 55.8 Å². The van der Waals surface area contributed by atoms with Gasteiger partial charge in [-0.2, -0.15) is 0 Å². The summed E-state index contributed by atoms with van der Waals surface area (Å²) in [7, 11) is 0. The topological polar surface area (TPSA) is 32.3 Å². The van der Waals surface area contributed by atoms with Crippen molar-refractivity contribution in [1.29, 1.82) is 0 Å². The van der Waals surface area contributed by atoms with Crippen molar-refractivity contribution in [1.82, 2.24) is 5.32 Å². The molecular weight excluding hydrogens is 222 g/mol. The van der Waals surface area contributed by atoms with Crippen LogP contribution in [-0.4, -0.2) is 17.8 Å². The third-order valence-electron chi connectivity index (χ3n) is 4.02. The standard InChI is InChI=1S/C16H25NO/c1-3-16(18)9-10-17-12(2)14-8-7-13-5-4-6-15(13)11-14/h7-8,11-12,16-18H,3-6,9-10H2,1-2H3. The summed E-state index contributed by atoms with van der Waals surface area (Å²) in [5, 5.41) is 13.0. The molecule has 2 unspecified atom stereocenters. The van der Waals surface area contributed by atoms with E-state index in [2.05, 4.69) is 30.4 Å². The fraction of sp³-hybridized carbons (Fsp3) is 0.625. The first-order valence-electron chi connectivity index (χ1n) is 7.24. The number of benzene rings is 1. The van der Waals surface area contributed by atoms with Crippen LogP contribution < -0.4 is 5.32 Å². The lowest BCUT2D eigenvalue weighted by molar-refractivity contribution is 0.159. The highest BCUT2D eigenvalue weighted by atomic mass is 16.3. The average Bonchev–Trinajstić information content (AvgIpc) is 2.85. The van der Waals surface area contributed by atoms with Crippen molar-refractivity contribution in [3.8, 4) is 0 Å². The van der Waals surface area contributed by atoms with Crippen molar-refractivity contribution in [2.45, 2.75) is 58.1 Å². The van der Waals surface area contributed by atoms with E-state index in [1.165, 1.54) is 36.0 Å². The molecule has 0 saturated carbocycles. The summed E-state index contributed by atoms with van der Waals surface area (Å²) in [6.07, 6.45) is 5.32. The maximum atomic E-state index is 9.53. The Morgan fingerprint density at radius 1 is 1.28 bits per heavy atom. The summed E-state index contributed by atoms with van der Waals surface area (Å²) in [5.41, 5.74) is 4.45. The van der Waals surface area contributed by atoms with Gasteiger partial charge in [0.25, 0.3) is 0 Å². The van der Waals surface area contributed by atoms with Crippen molar-refractivity contribution in [2.24, 2.45) is 0 Å². The van der Waals surface area contributed by atoms with Crippen LogP contribution in [0.5, 0.6) is 0 Å². The van der Waals surface area contributed by atoms with Gasteiger partial charge in [-0.1, -0.05) is 25.1 Å². The molecule has 0 bridgehead atoms. The molecule has 0 aliphatic heterocycles. The molecule has 0 amide bonds. The van der Waals surface area contributed by atoms with E-state index in [9.17, 15) is 5.11 Å². The summed E-state index contributed by atoms with van der Waals surface area (Å²) >= 11 is 0. The van der Waals surface area contributed by atoms with E-state index in [0.717, 1.165) is 19.4 Å². The van der Waals surface area contributed by atoms with Crippen molar-refractivity contribution in [2.75, 3.05) is 6.54 Å². The van der Waals surface area contributed by atoms with Crippen LogP contribution in [0.4, 0.5) is 0 Å². The minimum Gasteiger partial charge on any atom is -0.393 e. The fourth-order valence-electron chi connectivity index (χ4n) is 2.65. The van der Waals surface area contributed by atoms with Gasteiger partial charge in [-0.3, -0.25) is 0 Å². The minimum atomic E-state index is -0.162. The second-order valence-corrected chi connectivity index (χ2v) is 5.41. The Labute approximate surface area is 110 Å². The second kappa shape index (κ2) is 6.35. The zero-order valence-electron chi connectivity index (χ0n) is 11.6. The predicted molar refractivity (Wildman–Crippen MR) is 75.8 cm³/mol. The van der Waals surface area contributed by atoms with Gasteiger partial charge in [-0.15, -0.1) is 0 Å². The van der Waals surface area contributed by atoms with Gasteiger partial charge in [0.05, 0.1) is 6.10 Å². The van der Waals surface area contributed by atoms with E-state index in [4.69, 9.17) is 0 Å². The molecule has 1 aliphatic carbocycles. The number of rotatable bonds is 6. The van der Waals surface area contributed by atoms with Crippen LogP contribution in [0, 0.1) is 0 Å². The molecule has 0 spiro atoms. The quantitative estimate of drug-likeness (QED) is 0.810. The number of aliphatic hydroxyl groups excluding tert-OH is 1. The molecule has 0 fully saturated rings. The number of nitrogens with one attached hydrogen (secondary N) is 1. The summed E-state index contributed by atoms with van der Waals surface area (Å²) in [4.78, 5) is 0. The Hall–Kier alpha value is -0.860. The number of aliphatic hydroxyl groups is 1. The molecule has 1 aromatic rings. The van der Waals surface area contributed by atoms with Crippen molar-refractivity contribution in [3.63, 3.8) is 0 Å². The maximum Gasteiger partial charge on any atom is 0.0549 e. The molecular formula is C16H25NO. The fourth-order valence-corrected chi connectivity index (χ4v) is 2.65. The summed E-state index contributed by atoms with van der Waals surface area (Å²) in [5.74, 6) is 0. The van der Waals surface area contributed by atoms with E-state index in [0.29, 0.717) is 6.04 Å². The first-order valence-corrected chi connectivity index (χ1v) is 7.24. The summed E-state index contributed by atoms with van der Waals surface area (Å²) in [6, 6.07) is 7.27. The predicted octanol–water partition coefficient (Wildman–Crippen LogP) is 2.99. The Morgan fingerprint density at radius 2 is 2.06 bits per heavy atom. The number of hydrogen-bond donors (Lipinski definition) is 2. The van der Waals surface area contributed by atoms with Crippen LogP contribution in [0.25, 0.3) is 0 Å². The molecule has 0 heterocycles.